The molecule has 6 nitrogen and oxygen atoms in total. The zero-order valence-corrected chi connectivity index (χ0v) is 14.0. The molecule has 6 heteroatoms. The minimum Gasteiger partial charge on any atom is -0.379 e. The summed E-state index contributed by atoms with van der Waals surface area (Å²) in [6, 6.07) is 16.7. The summed E-state index contributed by atoms with van der Waals surface area (Å²) in [5.41, 5.74) is 4.36. The van der Waals surface area contributed by atoms with Crippen molar-refractivity contribution in [1.82, 2.24) is 20.2 Å². The molecule has 1 aromatic heterocycles. The van der Waals surface area contributed by atoms with Crippen LogP contribution in [0.25, 0.3) is 5.69 Å². The Labute approximate surface area is 141 Å². The Bertz CT molecular complexity index is 770. The molecule has 3 rings (SSSR count). The Morgan fingerprint density at radius 2 is 1.83 bits per heavy atom. The van der Waals surface area contributed by atoms with Crippen LogP contribution in [0.4, 0.5) is 5.69 Å². The van der Waals surface area contributed by atoms with Crippen molar-refractivity contribution in [2.75, 3.05) is 12.4 Å². The van der Waals surface area contributed by atoms with Gasteiger partial charge in [-0.1, -0.05) is 24.3 Å². The fourth-order valence-corrected chi connectivity index (χ4v) is 2.55. The van der Waals surface area contributed by atoms with Gasteiger partial charge in [-0.3, -0.25) is 0 Å². The molecule has 0 fully saturated rings. The van der Waals surface area contributed by atoms with Crippen LogP contribution in [0.3, 0.4) is 0 Å². The van der Waals surface area contributed by atoms with Crippen molar-refractivity contribution in [2.45, 2.75) is 26.0 Å². The molecule has 2 unspecified atom stereocenters. The minimum atomic E-state index is 0.0811. The maximum absolute atomic E-state index is 5.38. The van der Waals surface area contributed by atoms with Crippen LogP contribution in [0.2, 0.25) is 0 Å². The number of nitrogens with one attached hydrogen (secondary N) is 1. The smallest absolute Gasteiger partial charge is 0.143 e. The Kier molecular flexibility index (Phi) is 4.86. The molecule has 0 radical (unpaired) electrons. The van der Waals surface area contributed by atoms with Crippen LogP contribution < -0.4 is 5.32 Å². The molecule has 2 aromatic carbocycles. The van der Waals surface area contributed by atoms with Gasteiger partial charge >= 0.3 is 0 Å². The minimum absolute atomic E-state index is 0.0811. The molecule has 0 aliphatic carbocycles. The first-order valence-electron chi connectivity index (χ1n) is 7.90. The molecule has 0 amide bonds. The maximum atomic E-state index is 5.38. The molecule has 0 bridgehead atoms. The van der Waals surface area contributed by atoms with E-state index in [1.54, 1.807) is 18.1 Å². The first-order chi connectivity index (χ1) is 11.7. The van der Waals surface area contributed by atoms with Gasteiger partial charge in [0.15, 0.2) is 0 Å². The first-order valence-corrected chi connectivity index (χ1v) is 7.90. The average molecular weight is 323 g/mol. The Morgan fingerprint density at radius 3 is 2.50 bits per heavy atom. The number of hydrogen-bond acceptors (Lipinski definition) is 5. The van der Waals surface area contributed by atoms with Gasteiger partial charge in [0.2, 0.25) is 0 Å². The van der Waals surface area contributed by atoms with Crippen LogP contribution in [0, 0.1) is 0 Å². The lowest BCUT2D eigenvalue weighted by atomic mass is 10.1. The SMILES string of the molecule is COC(C)c1cccc(NC(C)c2ccc(-n3cnnn3)cc2)c1. The normalized spacial score (nSPS) is 13.5. The predicted molar refractivity (Wildman–Crippen MR) is 93.1 cm³/mol. The van der Waals surface area contributed by atoms with Gasteiger partial charge in [0, 0.05) is 18.8 Å². The molecule has 24 heavy (non-hydrogen) atoms. The fraction of sp³-hybridized carbons (Fsp3) is 0.278. The molecule has 2 atom stereocenters. The van der Waals surface area contributed by atoms with Gasteiger partial charge in [0.1, 0.15) is 6.33 Å². The lowest BCUT2D eigenvalue weighted by Gasteiger charge is -2.18. The molecule has 0 aliphatic heterocycles. The van der Waals surface area contributed by atoms with Gasteiger partial charge < -0.3 is 10.1 Å². The van der Waals surface area contributed by atoms with Gasteiger partial charge in [0.05, 0.1) is 11.8 Å². The Morgan fingerprint density at radius 1 is 1.04 bits per heavy atom. The van der Waals surface area contributed by atoms with Crippen molar-refractivity contribution in [3.63, 3.8) is 0 Å². The third kappa shape index (κ3) is 3.60. The first kappa shape index (κ1) is 16.1. The number of nitrogens with zero attached hydrogens (tertiary/aromatic N) is 4. The van der Waals surface area contributed by atoms with E-state index >= 15 is 0 Å². The second kappa shape index (κ2) is 7.23. The summed E-state index contributed by atoms with van der Waals surface area (Å²) in [7, 11) is 1.72. The topological polar surface area (TPSA) is 64.9 Å². The summed E-state index contributed by atoms with van der Waals surface area (Å²) in [5, 5.41) is 14.7. The van der Waals surface area contributed by atoms with E-state index in [1.165, 1.54) is 5.56 Å². The van der Waals surface area contributed by atoms with Gasteiger partial charge in [0.25, 0.3) is 0 Å². The summed E-state index contributed by atoms with van der Waals surface area (Å²) in [5.74, 6) is 0. The van der Waals surface area contributed by atoms with Gasteiger partial charge in [-0.2, -0.15) is 0 Å². The average Bonchev–Trinajstić information content (AvgIpc) is 3.16. The van der Waals surface area contributed by atoms with Crippen LogP contribution in [0.5, 0.6) is 0 Å². The highest BCUT2D eigenvalue weighted by atomic mass is 16.5. The van der Waals surface area contributed by atoms with Gasteiger partial charge in [-0.25, -0.2) is 4.68 Å². The fourth-order valence-electron chi connectivity index (χ4n) is 2.55. The van der Waals surface area contributed by atoms with Crippen LogP contribution in [0.1, 0.15) is 37.1 Å². The lowest BCUT2D eigenvalue weighted by Crippen LogP contribution is -2.07. The van der Waals surface area contributed by atoms with E-state index in [4.69, 9.17) is 4.74 Å². The lowest BCUT2D eigenvalue weighted by molar-refractivity contribution is 0.119. The van der Waals surface area contributed by atoms with E-state index in [1.807, 2.05) is 25.1 Å². The highest BCUT2D eigenvalue weighted by molar-refractivity contribution is 5.48. The highest BCUT2D eigenvalue weighted by Gasteiger charge is 2.08. The summed E-state index contributed by atoms with van der Waals surface area (Å²) < 4.78 is 7.02. The third-order valence-corrected chi connectivity index (χ3v) is 4.10. The van der Waals surface area contributed by atoms with Crippen LogP contribution in [-0.2, 0) is 4.74 Å². The summed E-state index contributed by atoms with van der Waals surface area (Å²) in [6.07, 6.45) is 1.66. The van der Waals surface area contributed by atoms with E-state index in [2.05, 4.69) is 58.1 Å². The molecule has 1 N–H and O–H groups in total. The Hall–Kier alpha value is -2.73. The molecule has 124 valence electrons. The maximum Gasteiger partial charge on any atom is 0.143 e. The standard InChI is InChI=1S/C18H21N5O/c1-13(20-17-6-4-5-16(11-17)14(2)24-3)15-7-9-18(10-8-15)23-12-19-21-22-23/h4-14,20H,1-3H3. The molecule has 1 heterocycles. The molecular weight excluding hydrogens is 302 g/mol. The monoisotopic (exact) mass is 323 g/mol. The van der Waals surface area contributed by atoms with Gasteiger partial charge in [-0.15, -0.1) is 5.10 Å². The van der Waals surface area contributed by atoms with Crippen molar-refractivity contribution in [3.8, 4) is 5.69 Å². The van der Waals surface area contributed by atoms with Crippen molar-refractivity contribution in [1.29, 1.82) is 0 Å². The quantitative estimate of drug-likeness (QED) is 0.751. The zero-order valence-electron chi connectivity index (χ0n) is 14.0. The second-order valence-corrected chi connectivity index (χ2v) is 5.72. The van der Waals surface area contributed by atoms with E-state index in [-0.39, 0.29) is 12.1 Å². The van der Waals surface area contributed by atoms with Crippen molar-refractivity contribution < 1.29 is 4.74 Å². The molecular formula is C18H21N5O. The molecule has 0 aliphatic rings. The van der Waals surface area contributed by atoms with E-state index in [9.17, 15) is 0 Å². The number of ether oxygens (including phenoxy) is 1. The van der Waals surface area contributed by atoms with Crippen LogP contribution >= 0.6 is 0 Å². The number of rotatable bonds is 6. The molecule has 3 aromatic rings. The number of hydrogen-bond donors (Lipinski definition) is 1. The summed E-state index contributed by atoms with van der Waals surface area (Å²) >= 11 is 0. The number of tetrazole rings is 1. The largest absolute Gasteiger partial charge is 0.379 e. The van der Waals surface area contributed by atoms with Gasteiger partial charge in [-0.05, 0) is 59.7 Å². The number of benzene rings is 2. The summed E-state index contributed by atoms with van der Waals surface area (Å²) in [6.45, 7) is 4.18. The van der Waals surface area contributed by atoms with Crippen molar-refractivity contribution >= 4 is 5.69 Å². The second-order valence-electron chi connectivity index (χ2n) is 5.72. The summed E-state index contributed by atoms with van der Waals surface area (Å²) in [4.78, 5) is 0. The zero-order chi connectivity index (χ0) is 16.9. The highest BCUT2D eigenvalue weighted by Crippen LogP contribution is 2.24. The predicted octanol–water partition coefficient (Wildman–Crippen LogP) is 3.54. The number of aromatic nitrogens is 4. The van der Waals surface area contributed by atoms with E-state index in [0.29, 0.717) is 0 Å². The molecule has 0 saturated heterocycles. The molecule has 0 saturated carbocycles. The Balaban J connectivity index is 1.72. The molecule has 0 spiro atoms. The van der Waals surface area contributed by atoms with Crippen LogP contribution in [0.15, 0.2) is 54.9 Å². The number of methoxy groups -OCH3 is 1. The van der Waals surface area contributed by atoms with E-state index in [0.717, 1.165) is 16.9 Å². The van der Waals surface area contributed by atoms with Crippen LogP contribution in [-0.4, -0.2) is 27.3 Å². The van der Waals surface area contributed by atoms with E-state index < -0.39 is 0 Å². The third-order valence-electron chi connectivity index (χ3n) is 4.10. The van der Waals surface area contributed by atoms with Crippen molar-refractivity contribution in [2.24, 2.45) is 0 Å². The number of anilines is 1. The van der Waals surface area contributed by atoms with Crippen molar-refractivity contribution in [3.05, 3.63) is 66.0 Å².